The number of aldehydes is 1. The van der Waals surface area contributed by atoms with E-state index in [0.29, 0.717) is 28.5 Å². The first kappa shape index (κ1) is 17.6. The third-order valence-corrected chi connectivity index (χ3v) is 4.64. The molecule has 0 bridgehead atoms. The minimum Gasteiger partial charge on any atom is -0.298 e. The van der Waals surface area contributed by atoms with Gasteiger partial charge in [-0.15, -0.1) is 0 Å². The van der Waals surface area contributed by atoms with Gasteiger partial charge in [0, 0.05) is 11.8 Å². The Bertz CT molecular complexity index is 1140. The van der Waals surface area contributed by atoms with Gasteiger partial charge >= 0.3 is 0 Å². The van der Waals surface area contributed by atoms with Gasteiger partial charge in [0.2, 0.25) is 0 Å². The Morgan fingerprint density at radius 1 is 1.27 bits per heavy atom. The van der Waals surface area contributed by atoms with Crippen molar-refractivity contribution < 1.29 is 9.18 Å². The molecular formula is C20H16BFN2O2. The van der Waals surface area contributed by atoms with Gasteiger partial charge in [-0.25, -0.2) is 4.39 Å². The number of aromatic nitrogens is 1. The fourth-order valence-corrected chi connectivity index (χ4v) is 2.97. The molecule has 6 heteroatoms. The van der Waals surface area contributed by atoms with E-state index in [4.69, 9.17) is 0 Å². The van der Waals surface area contributed by atoms with Crippen LogP contribution in [0.15, 0.2) is 47.4 Å². The standard InChI is InChI=1S/C20H16BFN2O2/c1-20(2,11-23)13-8-12-6-7-24(19(26)18(12)16(22)9-13)17-5-3-4-15(21)14(17)10-25/h3-10H,21H2,1-2H3. The summed E-state index contributed by atoms with van der Waals surface area (Å²) in [5.74, 6) is -0.680. The normalized spacial score (nSPS) is 11.3. The third kappa shape index (κ3) is 2.72. The zero-order chi connectivity index (χ0) is 19.1. The molecule has 3 rings (SSSR count). The predicted octanol–water partition coefficient (Wildman–Crippen LogP) is 2.00. The van der Waals surface area contributed by atoms with Crippen LogP contribution in [0, 0.1) is 17.1 Å². The van der Waals surface area contributed by atoms with Crippen molar-refractivity contribution in [2.24, 2.45) is 0 Å². The monoisotopic (exact) mass is 346 g/mol. The summed E-state index contributed by atoms with van der Waals surface area (Å²) >= 11 is 0. The quantitative estimate of drug-likeness (QED) is 0.538. The summed E-state index contributed by atoms with van der Waals surface area (Å²) in [5.41, 5.74) is 0.618. The van der Waals surface area contributed by atoms with Crippen molar-refractivity contribution in [2.45, 2.75) is 19.3 Å². The average molecular weight is 346 g/mol. The topological polar surface area (TPSA) is 62.9 Å². The van der Waals surface area contributed by atoms with Crippen molar-refractivity contribution in [1.29, 1.82) is 5.26 Å². The number of hydrogen-bond donors (Lipinski definition) is 0. The third-order valence-electron chi connectivity index (χ3n) is 4.64. The molecule has 1 aromatic heterocycles. The molecule has 4 nitrogen and oxygen atoms in total. The molecule has 1 heterocycles. The maximum absolute atomic E-state index is 14.7. The molecule has 26 heavy (non-hydrogen) atoms. The van der Waals surface area contributed by atoms with Crippen LogP contribution in [0.4, 0.5) is 4.39 Å². The van der Waals surface area contributed by atoms with Crippen LogP contribution in [0.1, 0.15) is 29.8 Å². The Kier molecular flexibility index (Phi) is 4.25. The highest BCUT2D eigenvalue weighted by atomic mass is 19.1. The lowest BCUT2D eigenvalue weighted by Crippen LogP contribution is -2.23. The van der Waals surface area contributed by atoms with E-state index < -0.39 is 16.8 Å². The van der Waals surface area contributed by atoms with E-state index in [2.05, 4.69) is 6.07 Å². The molecule has 0 aliphatic heterocycles. The Labute approximate surface area is 150 Å². The van der Waals surface area contributed by atoms with Crippen molar-refractivity contribution in [3.8, 4) is 11.8 Å². The van der Waals surface area contributed by atoms with Crippen LogP contribution in [0.25, 0.3) is 16.5 Å². The van der Waals surface area contributed by atoms with E-state index in [0.717, 1.165) is 5.46 Å². The Morgan fingerprint density at radius 2 is 2.00 bits per heavy atom. The van der Waals surface area contributed by atoms with Gasteiger partial charge in [-0.2, -0.15) is 5.26 Å². The molecule has 0 saturated carbocycles. The smallest absolute Gasteiger partial charge is 0.265 e. The summed E-state index contributed by atoms with van der Waals surface area (Å²) in [4.78, 5) is 24.3. The van der Waals surface area contributed by atoms with Crippen molar-refractivity contribution in [3.05, 3.63) is 69.9 Å². The van der Waals surface area contributed by atoms with Crippen LogP contribution in [-0.2, 0) is 5.41 Å². The minimum atomic E-state index is -0.870. The molecule has 0 saturated heterocycles. The van der Waals surface area contributed by atoms with Crippen molar-refractivity contribution in [2.75, 3.05) is 0 Å². The van der Waals surface area contributed by atoms with Crippen LogP contribution < -0.4 is 11.0 Å². The van der Waals surface area contributed by atoms with Gasteiger partial charge in [0.05, 0.1) is 22.6 Å². The molecule has 0 N–H and O–H groups in total. The van der Waals surface area contributed by atoms with Crippen LogP contribution >= 0.6 is 0 Å². The Hall–Kier alpha value is -3.20. The maximum atomic E-state index is 14.7. The number of carbonyl (C=O) groups is 1. The number of hydrogen-bond acceptors (Lipinski definition) is 3. The second-order valence-corrected chi connectivity index (χ2v) is 6.78. The SMILES string of the molecule is Bc1cccc(-n2ccc3cc(C(C)(C)C#N)cc(F)c3c2=O)c1C=O. The molecule has 2 aromatic carbocycles. The molecule has 0 spiro atoms. The number of rotatable bonds is 3. The first-order valence-corrected chi connectivity index (χ1v) is 8.12. The molecule has 0 unspecified atom stereocenters. The molecule has 0 atom stereocenters. The summed E-state index contributed by atoms with van der Waals surface area (Å²) in [6, 6.07) is 11.8. The highest BCUT2D eigenvalue weighted by molar-refractivity contribution is 6.35. The first-order chi connectivity index (χ1) is 12.3. The van der Waals surface area contributed by atoms with Crippen LogP contribution in [0.3, 0.4) is 0 Å². The summed E-state index contributed by atoms with van der Waals surface area (Å²) in [6.45, 7) is 3.38. The van der Waals surface area contributed by atoms with Crippen LogP contribution in [0.2, 0.25) is 0 Å². The zero-order valence-electron chi connectivity index (χ0n) is 14.7. The van der Waals surface area contributed by atoms with Crippen LogP contribution in [-0.4, -0.2) is 18.7 Å². The van der Waals surface area contributed by atoms with E-state index in [-0.39, 0.29) is 5.39 Å². The summed E-state index contributed by atoms with van der Waals surface area (Å²) in [5, 5.41) is 9.62. The second kappa shape index (κ2) is 6.27. The van der Waals surface area contributed by atoms with Gasteiger partial charge in [0.25, 0.3) is 5.56 Å². The Balaban J connectivity index is 2.33. The largest absolute Gasteiger partial charge is 0.298 e. The summed E-state index contributed by atoms with van der Waals surface area (Å²) < 4.78 is 16.0. The lowest BCUT2D eigenvalue weighted by Gasteiger charge is -2.17. The predicted molar refractivity (Wildman–Crippen MR) is 102 cm³/mol. The molecule has 0 aliphatic carbocycles. The number of fused-ring (bicyclic) bond motifs is 1. The molecule has 0 radical (unpaired) electrons. The molecule has 128 valence electrons. The van der Waals surface area contributed by atoms with E-state index in [9.17, 15) is 19.2 Å². The van der Waals surface area contributed by atoms with Crippen molar-refractivity contribution in [3.63, 3.8) is 0 Å². The fraction of sp³-hybridized carbons (Fsp3) is 0.150. The lowest BCUT2D eigenvalue weighted by molar-refractivity contribution is 0.112. The van der Waals surface area contributed by atoms with E-state index >= 15 is 0 Å². The van der Waals surface area contributed by atoms with E-state index in [1.165, 1.54) is 16.8 Å². The number of nitrogens with zero attached hydrogens (tertiary/aromatic N) is 2. The summed E-state index contributed by atoms with van der Waals surface area (Å²) in [7, 11) is 1.77. The van der Waals surface area contributed by atoms with Crippen molar-refractivity contribution in [1.82, 2.24) is 4.57 Å². The van der Waals surface area contributed by atoms with Gasteiger partial charge in [0.15, 0.2) is 6.29 Å². The number of carbonyl (C=O) groups excluding carboxylic acids is 1. The summed E-state index contributed by atoms with van der Waals surface area (Å²) in [6.07, 6.45) is 2.21. The highest BCUT2D eigenvalue weighted by Gasteiger charge is 2.22. The van der Waals surface area contributed by atoms with Gasteiger partial charge in [0.1, 0.15) is 13.7 Å². The first-order valence-electron chi connectivity index (χ1n) is 8.12. The van der Waals surface area contributed by atoms with Crippen molar-refractivity contribution >= 4 is 30.4 Å². The fourth-order valence-electron chi connectivity index (χ4n) is 2.97. The van der Waals surface area contributed by atoms with E-state index in [1.807, 2.05) is 0 Å². The van der Waals surface area contributed by atoms with Gasteiger partial charge in [-0.05, 0) is 49.1 Å². The molecular weight excluding hydrogens is 330 g/mol. The zero-order valence-corrected chi connectivity index (χ0v) is 14.7. The van der Waals surface area contributed by atoms with Gasteiger partial charge < -0.3 is 0 Å². The minimum absolute atomic E-state index is 0.0663. The van der Waals surface area contributed by atoms with E-state index in [1.54, 1.807) is 52.0 Å². The van der Waals surface area contributed by atoms with Gasteiger partial charge in [-0.1, -0.05) is 17.6 Å². The number of pyridine rings is 1. The highest BCUT2D eigenvalue weighted by Crippen LogP contribution is 2.27. The number of nitriles is 1. The molecule has 0 fully saturated rings. The lowest BCUT2D eigenvalue weighted by atomic mass is 9.85. The molecule has 0 amide bonds. The second-order valence-electron chi connectivity index (χ2n) is 6.78. The molecule has 0 aliphatic rings. The maximum Gasteiger partial charge on any atom is 0.265 e. The number of halogens is 1. The average Bonchev–Trinajstić information content (AvgIpc) is 2.61. The van der Waals surface area contributed by atoms with Gasteiger partial charge in [-0.3, -0.25) is 14.2 Å². The van der Waals surface area contributed by atoms with Crippen LogP contribution in [0.5, 0.6) is 0 Å². The Morgan fingerprint density at radius 3 is 2.65 bits per heavy atom. The number of benzene rings is 2. The molecule has 3 aromatic rings.